The highest BCUT2D eigenvalue weighted by molar-refractivity contribution is 9.10. The Kier molecular flexibility index (Phi) is 4.49. The molecule has 2 heterocycles. The fourth-order valence-corrected chi connectivity index (χ4v) is 3.28. The van der Waals surface area contributed by atoms with E-state index in [0.29, 0.717) is 10.7 Å². The molecule has 0 amide bonds. The van der Waals surface area contributed by atoms with Crippen molar-refractivity contribution in [3.63, 3.8) is 0 Å². The average Bonchev–Trinajstić information content (AvgIpc) is 2.42. The van der Waals surface area contributed by atoms with E-state index in [9.17, 15) is 0 Å². The molecule has 1 aliphatic rings. The molecule has 0 N–H and O–H groups in total. The van der Waals surface area contributed by atoms with E-state index in [1.807, 2.05) is 0 Å². The van der Waals surface area contributed by atoms with Gasteiger partial charge in [0, 0.05) is 19.3 Å². The fourth-order valence-electron chi connectivity index (χ4n) is 2.71. The largest absolute Gasteiger partial charge is 0.355 e. The molecule has 0 atom stereocenters. The van der Waals surface area contributed by atoms with Crippen LogP contribution >= 0.6 is 27.5 Å². The molecule has 0 aliphatic carbocycles. The highest BCUT2D eigenvalue weighted by atomic mass is 79.9. The standard InChI is InChI=1S/C13H19BrClN3/c1-3-13(4-2)5-7-18(8-6-13)11-10(14)9-16-12(15)17-11/h9H,3-8H2,1-2H3. The number of halogens is 2. The molecule has 1 saturated heterocycles. The Morgan fingerprint density at radius 2 is 1.94 bits per heavy atom. The number of rotatable bonds is 3. The molecule has 0 bridgehead atoms. The number of piperidine rings is 1. The first-order chi connectivity index (χ1) is 8.60. The third kappa shape index (κ3) is 2.80. The van der Waals surface area contributed by atoms with Gasteiger partial charge in [-0.2, -0.15) is 4.98 Å². The maximum absolute atomic E-state index is 5.88. The van der Waals surface area contributed by atoms with E-state index in [1.165, 1.54) is 25.7 Å². The second kappa shape index (κ2) is 5.74. The maximum atomic E-state index is 5.88. The summed E-state index contributed by atoms with van der Waals surface area (Å²) in [6.45, 7) is 6.70. The zero-order valence-electron chi connectivity index (χ0n) is 10.9. The molecule has 0 unspecified atom stereocenters. The summed E-state index contributed by atoms with van der Waals surface area (Å²) in [6, 6.07) is 0. The van der Waals surface area contributed by atoms with Gasteiger partial charge in [-0.05, 0) is 45.8 Å². The molecule has 1 aromatic rings. The normalized spacial score (nSPS) is 19.0. The highest BCUT2D eigenvalue weighted by Crippen LogP contribution is 2.39. The molecule has 5 heteroatoms. The van der Waals surface area contributed by atoms with Crippen molar-refractivity contribution in [2.45, 2.75) is 39.5 Å². The first-order valence-electron chi connectivity index (χ1n) is 6.53. The van der Waals surface area contributed by atoms with Crippen LogP contribution in [0, 0.1) is 5.41 Å². The minimum absolute atomic E-state index is 0.316. The molecule has 1 fully saturated rings. The molecule has 3 nitrogen and oxygen atoms in total. The first-order valence-corrected chi connectivity index (χ1v) is 7.70. The summed E-state index contributed by atoms with van der Waals surface area (Å²) in [5.41, 5.74) is 0.528. The first kappa shape index (κ1) is 14.1. The monoisotopic (exact) mass is 331 g/mol. The van der Waals surface area contributed by atoms with Gasteiger partial charge in [-0.3, -0.25) is 0 Å². The van der Waals surface area contributed by atoms with Crippen molar-refractivity contribution >= 4 is 33.3 Å². The smallest absolute Gasteiger partial charge is 0.224 e. The van der Waals surface area contributed by atoms with Crippen molar-refractivity contribution in [3.8, 4) is 0 Å². The summed E-state index contributed by atoms with van der Waals surface area (Å²) in [6.07, 6.45) is 6.72. The molecular weight excluding hydrogens is 314 g/mol. The summed E-state index contributed by atoms with van der Waals surface area (Å²) in [5, 5.41) is 0.316. The maximum Gasteiger partial charge on any atom is 0.224 e. The molecule has 0 saturated carbocycles. The van der Waals surface area contributed by atoms with Crippen molar-refractivity contribution < 1.29 is 0 Å². The summed E-state index contributed by atoms with van der Waals surface area (Å²) >= 11 is 9.38. The van der Waals surface area contributed by atoms with Gasteiger partial charge in [-0.1, -0.05) is 26.7 Å². The lowest BCUT2D eigenvalue weighted by Gasteiger charge is -2.41. The lowest BCUT2D eigenvalue weighted by Crippen LogP contribution is -2.40. The lowest BCUT2D eigenvalue weighted by molar-refractivity contribution is 0.199. The van der Waals surface area contributed by atoms with E-state index in [-0.39, 0.29) is 0 Å². The van der Waals surface area contributed by atoms with Crippen LogP contribution in [0.3, 0.4) is 0 Å². The van der Waals surface area contributed by atoms with Gasteiger partial charge in [0.2, 0.25) is 5.28 Å². The van der Waals surface area contributed by atoms with Gasteiger partial charge < -0.3 is 4.90 Å². The Hall–Kier alpha value is -0.350. The Morgan fingerprint density at radius 3 is 2.50 bits per heavy atom. The number of aromatic nitrogens is 2. The van der Waals surface area contributed by atoms with Crippen LogP contribution in [0.1, 0.15) is 39.5 Å². The second-order valence-electron chi connectivity index (χ2n) is 5.00. The van der Waals surface area contributed by atoms with E-state index < -0.39 is 0 Å². The lowest BCUT2D eigenvalue weighted by atomic mass is 9.74. The zero-order valence-corrected chi connectivity index (χ0v) is 13.3. The van der Waals surface area contributed by atoms with Gasteiger partial charge in [0.1, 0.15) is 5.82 Å². The third-order valence-electron chi connectivity index (χ3n) is 4.32. The molecule has 18 heavy (non-hydrogen) atoms. The van der Waals surface area contributed by atoms with Crippen LogP contribution in [0.2, 0.25) is 5.28 Å². The number of hydrogen-bond acceptors (Lipinski definition) is 3. The van der Waals surface area contributed by atoms with Gasteiger partial charge in [-0.25, -0.2) is 4.98 Å². The van der Waals surface area contributed by atoms with Crippen molar-refractivity contribution in [2.24, 2.45) is 5.41 Å². The Morgan fingerprint density at radius 1 is 1.33 bits per heavy atom. The Balaban J connectivity index is 2.12. The van der Waals surface area contributed by atoms with Gasteiger partial charge in [-0.15, -0.1) is 0 Å². The van der Waals surface area contributed by atoms with Crippen LogP contribution in [0.4, 0.5) is 5.82 Å². The van der Waals surface area contributed by atoms with Crippen molar-refractivity contribution in [3.05, 3.63) is 16.0 Å². The molecule has 100 valence electrons. The Labute approximate surface area is 122 Å². The van der Waals surface area contributed by atoms with Crippen LogP contribution in [0.5, 0.6) is 0 Å². The zero-order chi connectivity index (χ0) is 13.2. The minimum Gasteiger partial charge on any atom is -0.355 e. The minimum atomic E-state index is 0.316. The molecule has 1 aromatic heterocycles. The van der Waals surface area contributed by atoms with Gasteiger partial charge in [0.15, 0.2) is 0 Å². The average molecular weight is 333 g/mol. The number of nitrogens with zero attached hydrogens (tertiary/aromatic N) is 3. The SMILES string of the molecule is CCC1(CC)CCN(c2nc(Cl)ncc2Br)CC1. The van der Waals surface area contributed by atoms with Gasteiger partial charge in [0.25, 0.3) is 0 Å². The number of hydrogen-bond donors (Lipinski definition) is 0. The fraction of sp³-hybridized carbons (Fsp3) is 0.692. The van der Waals surface area contributed by atoms with E-state index in [0.717, 1.165) is 23.4 Å². The van der Waals surface area contributed by atoms with E-state index in [4.69, 9.17) is 11.6 Å². The quantitative estimate of drug-likeness (QED) is 0.773. The van der Waals surface area contributed by atoms with Gasteiger partial charge in [0.05, 0.1) is 4.47 Å². The summed E-state index contributed by atoms with van der Waals surface area (Å²) < 4.78 is 0.924. The molecule has 1 aliphatic heterocycles. The summed E-state index contributed by atoms with van der Waals surface area (Å²) in [4.78, 5) is 10.6. The van der Waals surface area contributed by atoms with E-state index in [1.54, 1.807) is 6.20 Å². The van der Waals surface area contributed by atoms with Crippen LogP contribution in [-0.2, 0) is 0 Å². The van der Waals surface area contributed by atoms with Crippen molar-refractivity contribution in [1.82, 2.24) is 9.97 Å². The predicted molar refractivity (Wildman–Crippen MR) is 79.2 cm³/mol. The molecular formula is C13H19BrClN3. The molecule has 0 radical (unpaired) electrons. The Bertz CT molecular complexity index is 411. The highest BCUT2D eigenvalue weighted by Gasteiger charge is 2.32. The van der Waals surface area contributed by atoms with Crippen LogP contribution < -0.4 is 4.90 Å². The van der Waals surface area contributed by atoms with Crippen molar-refractivity contribution in [2.75, 3.05) is 18.0 Å². The number of anilines is 1. The van der Waals surface area contributed by atoms with Crippen LogP contribution in [0.15, 0.2) is 10.7 Å². The second-order valence-corrected chi connectivity index (χ2v) is 6.20. The topological polar surface area (TPSA) is 29.0 Å². The molecule has 0 aromatic carbocycles. The van der Waals surface area contributed by atoms with Crippen LogP contribution in [0.25, 0.3) is 0 Å². The molecule has 2 rings (SSSR count). The van der Waals surface area contributed by atoms with Crippen LogP contribution in [-0.4, -0.2) is 23.1 Å². The predicted octanol–water partition coefficient (Wildman–Crippen LogP) is 4.30. The van der Waals surface area contributed by atoms with Gasteiger partial charge >= 0.3 is 0 Å². The van der Waals surface area contributed by atoms with E-state index >= 15 is 0 Å². The van der Waals surface area contributed by atoms with Crippen molar-refractivity contribution in [1.29, 1.82) is 0 Å². The molecule has 0 spiro atoms. The summed E-state index contributed by atoms with van der Waals surface area (Å²) in [5.74, 6) is 0.927. The third-order valence-corrected chi connectivity index (χ3v) is 5.06. The summed E-state index contributed by atoms with van der Waals surface area (Å²) in [7, 11) is 0. The van der Waals surface area contributed by atoms with E-state index in [2.05, 4.69) is 44.6 Å².